The lowest BCUT2D eigenvalue weighted by atomic mass is 10.2. The highest BCUT2D eigenvalue weighted by atomic mass is 35.5. The Kier molecular flexibility index (Phi) is 3.69. The van der Waals surface area contributed by atoms with Gasteiger partial charge in [-0.1, -0.05) is 28.4 Å². The quantitative estimate of drug-likeness (QED) is 0.687. The summed E-state index contributed by atoms with van der Waals surface area (Å²) < 4.78 is 4.67. The van der Waals surface area contributed by atoms with Gasteiger partial charge in [-0.3, -0.25) is 10.1 Å². The van der Waals surface area contributed by atoms with Crippen LogP contribution in [-0.4, -0.2) is 10.1 Å². The second-order valence-corrected chi connectivity index (χ2v) is 4.20. The normalized spacial score (nSPS) is 10.3. The first-order chi connectivity index (χ1) is 8.58. The van der Waals surface area contributed by atoms with E-state index in [0.29, 0.717) is 17.9 Å². The average molecular weight is 288 g/mol. The summed E-state index contributed by atoms with van der Waals surface area (Å²) in [6.45, 7) is 0.355. The number of nitro benzene ring substituents is 1. The van der Waals surface area contributed by atoms with E-state index in [1.54, 1.807) is 6.07 Å². The number of nitro groups is 1. The second kappa shape index (κ2) is 5.24. The maximum Gasteiger partial charge on any atom is 0.272 e. The predicted octanol–water partition coefficient (Wildman–Crippen LogP) is 3.50. The van der Waals surface area contributed by atoms with Crippen LogP contribution in [0.15, 0.2) is 29.0 Å². The van der Waals surface area contributed by atoms with Crippen LogP contribution in [0.2, 0.25) is 10.0 Å². The molecule has 94 valence electrons. The molecule has 2 rings (SSSR count). The Balaban J connectivity index is 2.20. The third-order valence-corrected chi connectivity index (χ3v) is 2.77. The molecular weight excluding hydrogens is 281 g/mol. The molecule has 0 aliphatic heterocycles. The third kappa shape index (κ3) is 2.72. The first-order valence-corrected chi connectivity index (χ1v) is 5.60. The molecule has 0 unspecified atom stereocenters. The van der Waals surface area contributed by atoms with Crippen LogP contribution in [0, 0.1) is 10.1 Å². The van der Waals surface area contributed by atoms with E-state index in [4.69, 9.17) is 23.2 Å². The fourth-order valence-corrected chi connectivity index (χ4v) is 1.95. The van der Waals surface area contributed by atoms with E-state index in [2.05, 4.69) is 15.0 Å². The van der Waals surface area contributed by atoms with Crippen LogP contribution in [0.3, 0.4) is 0 Å². The van der Waals surface area contributed by atoms with Crippen LogP contribution in [0.1, 0.15) is 5.69 Å². The molecule has 0 saturated heterocycles. The first kappa shape index (κ1) is 12.7. The largest absolute Gasteiger partial charge is 0.377 e. The molecule has 1 aromatic heterocycles. The van der Waals surface area contributed by atoms with Crippen molar-refractivity contribution < 1.29 is 9.45 Å². The Morgan fingerprint density at radius 1 is 1.39 bits per heavy atom. The lowest BCUT2D eigenvalue weighted by Gasteiger charge is -2.08. The van der Waals surface area contributed by atoms with Crippen molar-refractivity contribution >= 4 is 34.6 Å². The monoisotopic (exact) mass is 287 g/mol. The Morgan fingerprint density at radius 2 is 2.06 bits per heavy atom. The molecule has 1 N–H and O–H groups in total. The minimum absolute atomic E-state index is 0.156. The molecule has 1 aromatic carbocycles. The van der Waals surface area contributed by atoms with E-state index in [9.17, 15) is 10.1 Å². The van der Waals surface area contributed by atoms with E-state index < -0.39 is 4.92 Å². The zero-order valence-corrected chi connectivity index (χ0v) is 10.4. The van der Waals surface area contributed by atoms with Gasteiger partial charge in [-0.05, 0) is 0 Å². The molecule has 0 bridgehead atoms. The van der Waals surface area contributed by atoms with E-state index in [0.717, 1.165) is 0 Å². The van der Waals surface area contributed by atoms with Crippen molar-refractivity contribution in [2.75, 3.05) is 5.32 Å². The van der Waals surface area contributed by atoms with Gasteiger partial charge in [-0.25, -0.2) is 0 Å². The number of nitrogens with zero attached hydrogens (tertiary/aromatic N) is 2. The lowest BCUT2D eigenvalue weighted by molar-refractivity contribution is -0.384. The molecule has 0 radical (unpaired) electrons. The Hall–Kier alpha value is -1.79. The average Bonchev–Trinajstić information content (AvgIpc) is 2.80. The van der Waals surface area contributed by atoms with Gasteiger partial charge in [0.15, 0.2) is 0 Å². The van der Waals surface area contributed by atoms with Gasteiger partial charge in [0.2, 0.25) is 0 Å². The number of anilines is 1. The van der Waals surface area contributed by atoms with Gasteiger partial charge in [0.1, 0.15) is 12.0 Å². The number of non-ortho nitro benzene ring substituents is 1. The number of hydrogen-bond acceptors (Lipinski definition) is 5. The SMILES string of the molecule is O=[N+]([O-])c1cc(Cl)c(NCc2ccon2)c(Cl)c1. The fraction of sp³-hybridized carbons (Fsp3) is 0.100. The van der Waals surface area contributed by atoms with E-state index >= 15 is 0 Å². The summed E-state index contributed by atoms with van der Waals surface area (Å²) in [4.78, 5) is 10.1. The molecule has 6 nitrogen and oxygen atoms in total. The van der Waals surface area contributed by atoms with Crippen molar-refractivity contribution in [1.29, 1.82) is 0 Å². The van der Waals surface area contributed by atoms with Crippen molar-refractivity contribution in [3.05, 3.63) is 50.3 Å². The summed E-state index contributed by atoms with van der Waals surface area (Å²) in [5.41, 5.74) is 0.935. The van der Waals surface area contributed by atoms with Crippen LogP contribution in [-0.2, 0) is 6.54 Å². The summed E-state index contributed by atoms with van der Waals surface area (Å²) in [6.07, 6.45) is 1.44. The standard InChI is InChI=1S/C10H7Cl2N3O3/c11-8-3-7(15(16)17)4-9(12)10(8)13-5-6-1-2-18-14-6/h1-4,13H,5H2. The molecule has 0 atom stereocenters. The molecule has 8 heteroatoms. The molecule has 0 aliphatic carbocycles. The number of rotatable bonds is 4. The maximum atomic E-state index is 10.6. The fourth-order valence-electron chi connectivity index (χ4n) is 1.34. The van der Waals surface area contributed by atoms with Gasteiger partial charge in [0.25, 0.3) is 5.69 Å². The summed E-state index contributed by atoms with van der Waals surface area (Å²) in [5.74, 6) is 0. The van der Waals surface area contributed by atoms with Crippen molar-refractivity contribution in [3.63, 3.8) is 0 Å². The summed E-state index contributed by atoms with van der Waals surface area (Å²) in [7, 11) is 0. The van der Waals surface area contributed by atoms with Crippen molar-refractivity contribution in [3.8, 4) is 0 Å². The van der Waals surface area contributed by atoms with Gasteiger partial charge < -0.3 is 9.84 Å². The first-order valence-electron chi connectivity index (χ1n) is 4.84. The Bertz CT molecular complexity index is 549. The molecule has 0 aliphatic rings. The molecule has 0 amide bonds. The van der Waals surface area contributed by atoms with Crippen molar-refractivity contribution in [1.82, 2.24) is 5.16 Å². The minimum Gasteiger partial charge on any atom is -0.377 e. The smallest absolute Gasteiger partial charge is 0.272 e. The molecular formula is C10H7Cl2N3O3. The highest BCUT2D eigenvalue weighted by Crippen LogP contribution is 2.34. The topological polar surface area (TPSA) is 81.2 Å². The van der Waals surface area contributed by atoms with Crippen LogP contribution in [0.4, 0.5) is 11.4 Å². The molecule has 0 saturated carbocycles. The number of halogens is 2. The molecule has 2 aromatic rings. The van der Waals surface area contributed by atoms with Crippen molar-refractivity contribution in [2.45, 2.75) is 6.54 Å². The van der Waals surface area contributed by atoms with Gasteiger partial charge in [-0.15, -0.1) is 0 Å². The highest BCUT2D eigenvalue weighted by molar-refractivity contribution is 6.39. The van der Waals surface area contributed by atoms with Crippen LogP contribution in [0.5, 0.6) is 0 Å². The highest BCUT2D eigenvalue weighted by Gasteiger charge is 2.14. The third-order valence-electron chi connectivity index (χ3n) is 2.18. The Morgan fingerprint density at radius 3 is 2.56 bits per heavy atom. The van der Waals surface area contributed by atoms with Crippen LogP contribution in [0.25, 0.3) is 0 Å². The van der Waals surface area contributed by atoms with Crippen LogP contribution < -0.4 is 5.32 Å². The zero-order chi connectivity index (χ0) is 13.1. The second-order valence-electron chi connectivity index (χ2n) is 3.39. The molecule has 0 spiro atoms. The summed E-state index contributed by atoms with van der Waals surface area (Å²) in [5, 5.41) is 17.6. The van der Waals surface area contributed by atoms with Gasteiger partial charge in [0, 0.05) is 18.2 Å². The number of aromatic nitrogens is 1. The summed E-state index contributed by atoms with van der Waals surface area (Å²) >= 11 is 11.8. The number of nitrogens with one attached hydrogen (secondary N) is 1. The van der Waals surface area contributed by atoms with E-state index in [-0.39, 0.29) is 15.7 Å². The maximum absolute atomic E-state index is 10.6. The Labute approximate surface area is 112 Å². The molecule has 18 heavy (non-hydrogen) atoms. The zero-order valence-electron chi connectivity index (χ0n) is 8.89. The van der Waals surface area contributed by atoms with Gasteiger partial charge >= 0.3 is 0 Å². The number of benzene rings is 1. The van der Waals surface area contributed by atoms with E-state index in [1.807, 2.05) is 0 Å². The minimum atomic E-state index is -0.556. The number of hydrogen-bond donors (Lipinski definition) is 1. The van der Waals surface area contributed by atoms with Crippen molar-refractivity contribution in [2.24, 2.45) is 0 Å². The predicted molar refractivity (Wildman–Crippen MR) is 66.9 cm³/mol. The van der Waals surface area contributed by atoms with Gasteiger partial charge in [0.05, 0.1) is 27.2 Å². The van der Waals surface area contributed by atoms with Crippen LogP contribution >= 0.6 is 23.2 Å². The molecule has 1 heterocycles. The molecule has 0 fully saturated rings. The lowest BCUT2D eigenvalue weighted by Crippen LogP contribution is -2.01. The van der Waals surface area contributed by atoms with E-state index in [1.165, 1.54) is 18.4 Å². The summed E-state index contributed by atoms with van der Waals surface area (Å²) in [6, 6.07) is 4.15. The van der Waals surface area contributed by atoms with Gasteiger partial charge in [-0.2, -0.15) is 0 Å².